The largest absolute Gasteiger partial charge is 0.361 e. The molecule has 1 N–H and O–H groups in total. The van der Waals surface area contributed by atoms with E-state index in [-0.39, 0.29) is 5.91 Å². The van der Waals surface area contributed by atoms with Crippen LogP contribution in [0.15, 0.2) is 42.5 Å². The number of rotatable bonds is 3. The molecule has 0 aliphatic carbocycles. The molecule has 3 rings (SSSR count). The fourth-order valence-corrected chi connectivity index (χ4v) is 2.71. The SMILES string of the molecule is CCCN1C(=O)c2ccccc2N[C@@H]1c1ccc(F)c(F)c1. The predicted octanol–water partition coefficient (Wildman–Crippen LogP) is 3.94. The number of fused-ring (bicyclic) bond motifs is 1. The second-order valence-electron chi connectivity index (χ2n) is 5.26. The molecule has 0 radical (unpaired) electrons. The minimum atomic E-state index is -0.915. The normalized spacial score (nSPS) is 17.1. The zero-order valence-corrected chi connectivity index (χ0v) is 12.1. The lowest BCUT2D eigenvalue weighted by atomic mass is 10.0. The van der Waals surface area contributed by atoms with Gasteiger partial charge in [-0.05, 0) is 36.2 Å². The summed E-state index contributed by atoms with van der Waals surface area (Å²) in [5.74, 6) is -1.92. The highest BCUT2D eigenvalue weighted by Gasteiger charge is 2.32. The molecule has 2 aromatic rings. The third-order valence-electron chi connectivity index (χ3n) is 3.75. The van der Waals surface area contributed by atoms with Gasteiger partial charge in [-0.1, -0.05) is 25.1 Å². The molecule has 5 heteroatoms. The van der Waals surface area contributed by atoms with Crippen molar-refractivity contribution in [3.8, 4) is 0 Å². The Bertz CT molecular complexity index is 718. The first-order chi connectivity index (χ1) is 10.6. The maximum absolute atomic E-state index is 13.5. The summed E-state index contributed by atoms with van der Waals surface area (Å²) in [7, 11) is 0. The van der Waals surface area contributed by atoms with E-state index in [9.17, 15) is 13.6 Å². The third-order valence-corrected chi connectivity index (χ3v) is 3.75. The molecule has 0 aromatic heterocycles. The van der Waals surface area contributed by atoms with E-state index < -0.39 is 17.8 Å². The number of nitrogens with zero attached hydrogens (tertiary/aromatic N) is 1. The number of hydrogen-bond acceptors (Lipinski definition) is 2. The Kier molecular flexibility index (Phi) is 3.79. The Hall–Kier alpha value is -2.43. The predicted molar refractivity (Wildman–Crippen MR) is 80.5 cm³/mol. The van der Waals surface area contributed by atoms with Gasteiger partial charge in [0.2, 0.25) is 0 Å². The Morgan fingerprint density at radius 3 is 2.64 bits per heavy atom. The van der Waals surface area contributed by atoms with Gasteiger partial charge in [0.25, 0.3) is 5.91 Å². The molecule has 1 aliphatic heterocycles. The lowest BCUT2D eigenvalue weighted by molar-refractivity contribution is 0.0683. The van der Waals surface area contributed by atoms with Crippen LogP contribution in [0.4, 0.5) is 14.5 Å². The third kappa shape index (κ3) is 2.43. The fourth-order valence-electron chi connectivity index (χ4n) is 2.71. The van der Waals surface area contributed by atoms with Gasteiger partial charge in [0.05, 0.1) is 5.56 Å². The van der Waals surface area contributed by atoms with Crippen LogP contribution in [-0.2, 0) is 0 Å². The van der Waals surface area contributed by atoms with E-state index in [0.717, 1.165) is 18.6 Å². The van der Waals surface area contributed by atoms with Gasteiger partial charge < -0.3 is 10.2 Å². The molecule has 1 atom stereocenters. The Morgan fingerprint density at radius 2 is 1.91 bits per heavy atom. The Labute approximate surface area is 127 Å². The molecule has 1 amide bonds. The number of hydrogen-bond donors (Lipinski definition) is 1. The number of anilines is 1. The first kappa shape index (κ1) is 14.5. The monoisotopic (exact) mass is 302 g/mol. The molecule has 0 saturated carbocycles. The van der Waals surface area contributed by atoms with E-state index in [1.807, 2.05) is 19.1 Å². The summed E-state index contributed by atoms with van der Waals surface area (Å²) in [6.07, 6.45) is 0.271. The Morgan fingerprint density at radius 1 is 1.14 bits per heavy atom. The molecule has 2 aromatic carbocycles. The van der Waals surface area contributed by atoms with Crippen molar-refractivity contribution in [2.45, 2.75) is 19.5 Å². The molecular weight excluding hydrogens is 286 g/mol. The van der Waals surface area contributed by atoms with Crippen molar-refractivity contribution < 1.29 is 13.6 Å². The molecular formula is C17H16F2N2O. The van der Waals surface area contributed by atoms with Crippen LogP contribution < -0.4 is 5.32 Å². The molecule has 3 nitrogen and oxygen atoms in total. The minimum Gasteiger partial charge on any atom is -0.361 e. The number of halogens is 2. The number of amides is 1. The van der Waals surface area contributed by atoms with Crippen molar-refractivity contribution in [3.63, 3.8) is 0 Å². The molecule has 0 bridgehead atoms. The Balaban J connectivity index is 2.05. The van der Waals surface area contributed by atoms with Crippen LogP contribution in [0.5, 0.6) is 0 Å². The number of para-hydroxylation sites is 1. The first-order valence-electron chi connectivity index (χ1n) is 7.23. The van der Waals surface area contributed by atoms with Gasteiger partial charge in [-0.25, -0.2) is 8.78 Å². The van der Waals surface area contributed by atoms with Crippen molar-refractivity contribution in [2.75, 3.05) is 11.9 Å². The zero-order valence-electron chi connectivity index (χ0n) is 12.1. The van der Waals surface area contributed by atoms with E-state index in [2.05, 4.69) is 5.32 Å². The number of carbonyl (C=O) groups excluding carboxylic acids is 1. The van der Waals surface area contributed by atoms with Gasteiger partial charge in [-0.2, -0.15) is 0 Å². The summed E-state index contributed by atoms with van der Waals surface area (Å²) < 4.78 is 26.7. The smallest absolute Gasteiger partial charge is 0.257 e. The molecule has 1 heterocycles. The summed E-state index contributed by atoms with van der Waals surface area (Å²) in [6.45, 7) is 2.50. The summed E-state index contributed by atoms with van der Waals surface area (Å²) in [5.41, 5.74) is 1.82. The van der Waals surface area contributed by atoms with Crippen LogP contribution >= 0.6 is 0 Å². The highest BCUT2D eigenvalue weighted by atomic mass is 19.2. The van der Waals surface area contributed by atoms with Crippen LogP contribution in [-0.4, -0.2) is 17.4 Å². The molecule has 0 spiro atoms. The van der Waals surface area contributed by atoms with E-state index in [1.165, 1.54) is 6.07 Å². The highest BCUT2D eigenvalue weighted by Crippen LogP contribution is 2.33. The van der Waals surface area contributed by atoms with Crippen LogP contribution in [0, 0.1) is 11.6 Å². The van der Waals surface area contributed by atoms with Gasteiger partial charge in [0, 0.05) is 12.2 Å². The van der Waals surface area contributed by atoms with Gasteiger partial charge in [-0.15, -0.1) is 0 Å². The topological polar surface area (TPSA) is 32.3 Å². The van der Waals surface area contributed by atoms with Crippen molar-refractivity contribution in [3.05, 3.63) is 65.2 Å². The highest BCUT2D eigenvalue weighted by molar-refractivity contribution is 6.01. The van der Waals surface area contributed by atoms with Crippen LogP contribution in [0.2, 0.25) is 0 Å². The number of nitrogens with one attached hydrogen (secondary N) is 1. The molecule has 114 valence electrons. The van der Waals surface area contributed by atoms with E-state index in [1.54, 1.807) is 17.0 Å². The quantitative estimate of drug-likeness (QED) is 0.931. The summed E-state index contributed by atoms with van der Waals surface area (Å²) in [6, 6.07) is 10.9. The van der Waals surface area contributed by atoms with Crippen molar-refractivity contribution in [1.29, 1.82) is 0 Å². The van der Waals surface area contributed by atoms with Crippen molar-refractivity contribution in [2.24, 2.45) is 0 Å². The summed E-state index contributed by atoms with van der Waals surface area (Å²) in [4.78, 5) is 14.3. The molecule has 0 saturated heterocycles. The average molecular weight is 302 g/mol. The van der Waals surface area contributed by atoms with Crippen LogP contribution in [0.1, 0.15) is 35.4 Å². The molecule has 1 aliphatic rings. The maximum Gasteiger partial charge on any atom is 0.257 e. The first-order valence-corrected chi connectivity index (χ1v) is 7.23. The minimum absolute atomic E-state index is 0.106. The van der Waals surface area contributed by atoms with Gasteiger partial charge >= 0.3 is 0 Å². The van der Waals surface area contributed by atoms with Crippen LogP contribution in [0.25, 0.3) is 0 Å². The lowest BCUT2D eigenvalue weighted by Gasteiger charge is -2.38. The fraction of sp³-hybridized carbons (Fsp3) is 0.235. The van der Waals surface area contributed by atoms with E-state index in [0.29, 0.717) is 23.4 Å². The maximum atomic E-state index is 13.5. The molecule has 22 heavy (non-hydrogen) atoms. The summed E-state index contributed by atoms with van der Waals surface area (Å²) in [5, 5.41) is 3.24. The van der Waals surface area contributed by atoms with Crippen molar-refractivity contribution >= 4 is 11.6 Å². The van der Waals surface area contributed by atoms with Gasteiger partial charge in [0.1, 0.15) is 6.17 Å². The average Bonchev–Trinajstić information content (AvgIpc) is 2.53. The molecule has 0 unspecified atom stereocenters. The number of carbonyl (C=O) groups is 1. The zero-order chi connectivity index (χ0) is 15.7. The summed E-state index contributed by atoms with van der Waals surface area (Å²) >= 11 is 0. The van der Waals surface area contributed by atoms with E-state index >= 15 is 0 Å². The van der Waals surface area contributed by atoms with Crippen molar-refractivity contribution in [1.82, 2.24) is 4.90 Å². The molecule has 0 fully saturated rings. The lowest BCUT2D eigenvalue weighted by Crippen LogP contribution is -2.43. The number of benzene rings is 2. The van der Waals surface area contributed by atoms with Gasteiger partial charge in [0.15, 0.2) is 11.6 Å². The second kappa shape index (κ2) is 5.75. The second-order valence-corrected chi connectivity index (χ2v) is 5.26. The van der Waals surface area contributed by atoms with E-state index in [4.69, 9.17) is 0 Å². The standard InChI is InChI=1S/C17H16F2N2O/c1-2-9-21-16(11-7-8-13(18)14(19)10-11)20-15-6-4-3-5-12(15)17(21)22/h3-8,10,16,20H,2,9H2,1H3/t16-/m0/s1. The van der Waals surface area contributed by atoms with Crippen LogP contribution in [0.3, 0.4) is 0 Å². The van der Waals surface area contributed by atoms with Gasteiger partial charge in [-0.3, -0.25) is 4.79 Å².